The van der Waals surface area contributed by atoms with Gasteiger partial charge in [0.15, 0.2) is 12.2 Å². The highest BCUT2D eigenvalue weighted by Gasteiger charge is 2.30. The minimum absolute atomic E-state index is 0.0683. The summed E-state index contributed by atoms with van der Waals surface area (Å²) in [4.78, 5) is 23.5. The van der Waals surface area contributed by atoms with Gasteiger partial charge in [-0.1, -0.05) is 0 Å². The van der Waals surface area contributed by atoms with Crippen molar-refractivity contribution in [3.05, 3.63) is 59.7 Å². The molecule has 2 aromatic rings. The van der Waals surface area contributed by atoms with E-state index < -0.39 is 24.0 Å². The highest BCUT2D eigenvalue weighted by Crippen LogP contribution is 2.08. The fourth-order valence-electron chi connectivity index (χ4n) is 1.88. The molecule has 146 valence electrons. The third-order valence-corrected chi connectivity index (χ3v) is 3.40. The SMILES string of the molecule is O=C(N/N=C/c1ccc(O)cc1)[C@@H](O)[C@H](O)C(=O)N/N=C/c1ccc(O)cc1. The number of phenols is 2. The lowest BCUT2D eigenvalue weighted by molar-refractivity contribution is -0.146. The van der Waals surface area contributed by atoms with E-state index in [4.69, 9.17) is 10.2 Å². The summed E-state index contributed by atoms with van der Waals surface area (Å²) in [5.41, 5.74) is 5.10. The summed E-state index contributed by atoms with van der Waals surface area (Å²) in [6.07, 6.45) is -1.64. The summed E-state index contributed by atoms with van der Waals surface area (Å²) in [6, 6.07) is 11.8. The maximum Gasteiger partial charge on any atom is 0.272 e. The van der Waals surface area contributed by atoms with Crippen LogP contribution in [-0.4, -0.2) is 56.9 Å². The van der Waals surface area contributed by atoms with Crippen molar-refractivity contribution in [2.45, 2.75) is 12.2 Å². The van der Waals surface area contributed by atoms with E-state index >= 15 is 0 Å². The molecule has 2 atom stereocenters. The molecule has 0 aliphatic rings. The average Bonchev–Trinajstić information content (AvgIpc) is 2.69. The lowest BCUT2D eigenvalue weighted by Crippen LogP contribution is -2.47. The van der Waals surface area contributed by atoms with Crippen molar-refractivity contribution in [2.24, 2.45) is 10.2 Å². The molecule has 10 heteroatoms. The minimum atomic E-state index is -2.07. The Kier molecular flexibility index (Phi) is 7.20. The first-order valence-corrected chi connectivity index (χ1v) is 7.97. The number of carbonyl (C=O) groups is 2. The molecule has 0 unspecified atom stereocenters. The molecule has 2 aromatic carbocycles. The number of phenolic OH excluding ortho intramolecular Hbond substituents is 2. The van der Waals surface area contributed by atoms with E-state index in [9.17, 15) is 19.8 Å². The van der Waals surface area contributed by atoms with Crippen molar-refractivity contribution in [1.82, 2.24) is 10.9 Å². The monoisotopic (exact) mass is 386 g/mol. The van der Waals surface area contributed by atoms with E-state index in [1.54, 1.807) is 0 Å². The van der Waals surface area contributed by atoms with Gasteiger partial charge in [-0.3, -0.25) is 9.59 Å². The van der Waals surface area contributed by atoms with Crippen LogP contribution in [0.3, 0.4) is 0 Å². The Morgan fingerprint density at radius 2 is 1.04 bits per heavy atom. The third-order valence-electron chi connectivity index (χ3n) is 3.40. The van der Waals surface area contributed by atoms with Gasteiger partial charge in [0.05, 0.1) is 12.4 Å². The van der Waals surface area contributed by atoms with E-state index in [1.165, 1.54) is 61.0 Å². The van der Waals surface area contributed by atoms with Gasteiger partial charge in [-0.05, 0) is 59.7 Å². The molecule has 0 bridgehead atoms. The van der Waals surface area contributed by atoms with Crippen molar-refractivity contribution in [1.29, 1.82) is 0 Å². The second kappa shape index (κ2) is 9.80. The van der Waals surface area contributed by atoms with Crippen LogP contribution >= 0.6 is 0 Å². The Labute approximate surface area is 159 Å². The van der Waals surface area contributed by atoms with Crippen LogP contribution in [-0.2, 0) is 9.59 Å². The zero-order valence-electron chi connectivity index (χ0n) is 14.4. The zero-order valence-corrected chi connectivity index (χ0v) is 14.4. The van der Waals surface area contributed by atoms with Crippen LogP contribution in [0.2, 0.25) is 0 Å². The Balaban J connectivity index is 1.83. The number of hydrogen-bond donors (Lipinski definition) is 6. The van der Waals surface area contributed by atoms with Gasteiger partial charge in [-0.2, -0.15) is 10.2 Å². The highest BCUT2D eigenvalue weighted by atomic mass is 16.3. The first-order chi connectivity index (χ1) is 13.4. The molecule has 0 radical (unpaired) electrons. The van der Waals surface area contributed by atoms with Crippen LogP contribution in [0.25, 0.3) is 0 Å². The van der Waals surface area contributed by atoms with E-state index in [1.807, 2.05) is 10.9 Å². The fraction of sp³-hybridized carbons (Fsp3) is 0.111. The molecule has 0 heterocycles. The molecule has 0 aliphatic heterocycles. The number of amides is 2. The second-order valence-corrected chi connectivity index (χ2v) is 5.54. The molecule has 2 amide bonds. The molecule has 0 aromatic heterocycles. The molecule has 10 nitrogen and oxygen atoms in total. The van der Waals surface area contributed by atoms with Crippen LogP contribution in [0.5, 0.6) is 11.5 Å². The number of carbonyl (C=O) groups excluding carboxylic acids is 2. The van der Waals surface area contributed by atoms with E-state index in [2.05, 4.69) is 10.2 Å². The van der Waals surface area contributed by atoms with E-state index in [0.29, 0.717) is 11.1 Å². The smallest absolute Gasteiger partial charge is 0.272 e. The topological polar surface area (TPSA) is 164 Å². The Bertz CT molecular complexity index is 791. The van der Waals surface area contributed by atoms with Crippen molar-refractivity contribution < 1.29 is 30.0 Å². The van der Waals surface area contributed by atoms with Gasteiger partial charge in [0.2, 0.25) is 0 Å². The Hall–Kier alpha value is -3.76. The van der Waals surface area contributed by atoms with Crippen molar-refractivity contribution in [3.8, 4) is 11.5 Å². The molecular weight excluding hydrogens is 368 g/mol. The lowest BCUT2D eigenvalue weighted by Gasteiger charge is -2.14. The molecule has 6 N–H and O–H groups in total. The number of hydrazone groups is 2. The van der Waals surface area contributed by atoms with Gasteiger partial charge in [0.25, 0.3) is 11.8 Å². The second-order valence-electron chi connectivity index (χ2n) is 5.54. The Morgan fingerprint density at radius 1 is 0.714 bits per heavy atom. The number of rotatable bonds is 7. The van der Waals surface area contributed by atoms with Crippen LogP contribution in [0.1, 0.15) is 11.1 Å². The van der Waals surface area contributed by atoms with Gasteiger partial charge >= 0.3 is 0 Å². The first-order valence-electron chi connectivity index (χ1n) is 7.97. The predicted molar refractivity (Wildman–Crippen MR) is 99.7 cm³/mol. The molecule has 0 saturated carbocycles. The molecule has 0 aliphatic carbocycles. The highest BCUT2D eigenvalue weighted by molar-refractivity contribution is 5.91. The van der Waals surface area contributed by atoms with Crippen LogP contribution in [0.4, 0.5) is 0 Å². The predicted octanol–water partition coefficient (Wildman–Crippen LogP) is -0.580. The van der Waals surface area contributed by atoms with E-state index in [-0.39, 0.29) is 11.5 Å². The molecule has 0 saturated heterocycles. The van der Waals surface area contributed by atoms with Crippen LogP contribution < -0.4 is 10.9 Å². The molecular formula is C18H18N4O6. The average molecular weight is 386 g/mol. The summed E-state index contributed by atoms with van der Waals surface area (Å²) in [5, 5.41) is 44.9. The van der Waals surface area contributed by atoms with Crippen molar-refractivity contribution >= 4 is 24.2 Å². The maximum atomic E-state index is 11.7. The Morgan fingerprint density at radius 3 is 1.36 bits per heavy atom. The first kappa shape index (κ1) is 20.6. The van der Waals surface area contributed by atoms with Crippen LogP contribution in [0, 0.1) is 0 Å². The lowest BCUT2D eigenvalue weighted by atomic mass is 10.2. The summed E-state index contributed by atoms with van der Waals surface area (Å²) in [5.74, 6) is -2.06. The van der Waals surface area contributed by atoms with Gasteiger partial charge in [-0.15, -0.1) is 0 Å². The zero-order chi connectivity index (χ0) is 20.5. The number of nitrogens with zero attached hydrogens (tertiary/aromatic N) is 2. The summed E-state index contributed by atoms with van der Waals surface area (Å²) >= 11 is 0. The van der Waals surface area contributed by atoms with Crippen molar-refractivity contribution in [2.75, 3.05) is 0 Å². The van der Waals surface area contributed by atoms with E-state index in [0.717, 1.165) is 0 Å². The van der Waals surface area contributed by atoms with Gasteiger partial charge in [0.1, 0.15) is 11.5 Å². The number of aliphatic hydroxyl groups is 2. The molecule has 28 heavy (non-hydrogen) atoms. The number of benzene rings is 2. The number of aliphatic hydroxyl groups excluding tert-OH is 2. The largest absolute Gasteiger partial charge is 0.508 e. The number of nitrogens with one attached hydrogen (secondary N) is 2. The molecule has 0 fully saturated rings. The molecule has 0 spiro atoms. The van der Waals surface area contributed by atoms with Gasteiger partial charge < -0.3 is 20.4 Å². The summed E-state index contributed by atoms with van der Waals surface area (Å²) in [6.45, 7) is 0. The summed E-state index contributed by atoms with van der Waals surface area (Å²) < 4.78 is 0. The maximum absolute atomic E-state index is 11.7. The fourth-order valence-corrected chi connectivity index (χ4v) is 1.88. The normalized spacial score (nSPS) is 13.4. The molecule has 2 rings (SSSR count). The summed E-state index contributed by atoms with van der Waals surface area (Å²) in [7, 11) is 0. The minimum Gasteiger partial charge on any atom is -0.508 e. The number of hydrogen-bond acceptors (Lipinski definition) is 8. The third kappa shape index (κ3) is 6.20. The van der Waals surface area contributed by atoms with Crippen molar-refractivity contribution in [3.63, 3.8) is 0 Å². The van der Waals surface area contributed by atoms with Gasteiger partial charge in [-0.25, -0.2) is 10.9 Å². The number of aromatic hydroxyl groups is 2. The standard InChI is InChI=1S/C18H18N4O6/c23-13-5-1-11(2-6-13)9-19-21-17(27)15(25)16(26)18(28)22-20-10-12-3-7-14(24)8-4-12/h1-10,15-16,23-26H,(H,21,27)(H,22,28)/b19-9+,20-10+/t15-,16-/m0/s1. The van der Waals surface area contributed by atoms with Crippen LogP contribution in [0.15, 0.2) is 58.7 Å². The van der Waals surface area contributed by atoms with Gasteiger partial charge in [0, 0.05) is 0 Å². The quantitative estimate of drug-likeness (QED) is 0.275.